The summed E-state index contributed by atoms with van der Waals surface area (Å²) in [5.41, 5.74) is 0. The monoisotopic (exact) mass is 147 g/mol. The molecule has 52 valence electrons. The highest BCUT2D eigenvalue weighted by molar-refractivity contribution is 7.09. The van der Waals surface area contributed by atoms with E-state index in [1.807, 2.05) is 13.8 Å². The van der Waals surface area contributed by atoms with Crippen LogP contribution in [0, 0.1) is 12.9 Å². The van der Waals surface area contributed by atoms with Gasteiger partial charge in [-0.15, -0.1) is 11.3 Å². The van der Waals surface area contributed by atoms with Gasteiger partial charge in [0.05, 0.1) is 5.01 Å². The predicted molar refractivity (Wildman–Crippen MR) is 38.2 cm³/mol. The summed E-state index contributed by atoms with van der Waals surface area (Å²) in [4.78, 5) is 3.46. The smallest absolute Gasteiger partial charge is 0.213 e. The zero-order valence-corrected chi connectivity index (χ0v) is 6.63. The molecular weight excluding hydrogens is 137 g/mol. The highest BCUT2D eigenvalue weighted by atomic mass is 32.1. The van der Waals surface area contributed by atoms with Gasteiger partial charge < -0.3 is 0 Å². The lowest BCUT2D eigenvalue weighted by atomic mass is 10.8. The van der Waals surface area contributed by atoms with Crippen molar-refractivity contribution in [2.45, 2.75) is 20.8 Å². The van der Waals surface area contributed by atoms with E-state index in [0.29, 0.717) is 0 Å². The van der Waals surface area contributed by atoms with E-state index in [-0.39, 0.29) is 5.95 Å². The SMILES string of the molecule is CC.Cc1nc(F)cs1. The summed E-state index contributed by atoms with van der Waals surface area (Å²) in [5, 5.41) is 2.16. The first-order valence-corrected chi connectivity index (χ1v) is 3.74. The summed E-state index contributed by atoms with van der Waals surface area (Å²) in [6, 6.07) is 0. The molecule has 0 aromatic carbocycles. The van der Waals surface area contributed by atoms with Crippen molar-refractivity contribution in [3.63, 3.8) is 0 Å². The fraction of sp³-hybridized carbons (Fsp3) is 0.500. The topological polar surface area (TPSA) is 12.9 Å². The molecule has 0 atom stereocenters. The molecule has 0 saturated heterocycles. The lowest BCUT2D eigenvalue weighted by molar-refractivity contribution is 0.590. The average Bonchev–Trinajstić information content (AvgIpc) is 2.20. The van der Waals surface area contributed by atoms with Crippen LogP contribution in [-0.2, 0) is 0 Å². The number of hydrogen-bond acceptors (Lipinski definition) is 2. The van der Waals surface area contributed by atoms with Crippen molar-refractivity contribution in [3.8, 4) is 0 Å². The normalized spacial score (nSPS) is 8.00. The van der Waals surface area contributed by atoms with E-state index in [9.17, 15) is 4.39 Å². The number of aryl methyl sites for hydroxylation is 1. The molecule has 0 aliphatic heterocycles. The first-order valence-electron chi connectivity index (χ1n) is 2.86. The Balaban J connectivity index is 0.000000291. The first kappa shape index (κ1) is 8.56. The number of rotatable bonds is 0. The number of thiazole rings is 1. The molecule has 0 spiro atoms. The van der Waals surface area contributed by atoms with Crippen LogP contribution in [0.5, 0.6) is 0 Å². The Morgan fingerprint density at radius 1 is 1.56 bits per heavy atom. The van der Waals surface area contributed by atoms with Gasteiger partial charge in [0, 0.05) is 5.38 Å². The minimum Gasteiger partial charge on any atom is -0.213 e. The second-order valence-electron chi connectivity index (χ2n) is 1.19. The van der Waals surface area contributed by atoms with Crippen LogP contribution in [0.4, 0.5) is 4.39 Å². The van der Waals surface area contributed by atoms with E-state index in [1.54, 1.807) is 6.92 Å². The third-order valence-corrected chi connectivity index (χ3v) is 1.34. The van der Waals surface area contributed by atoms with Crippen molar-refractivity contribution >= 4 is 11.3 Å². The quantitative estimate of drug-likeness (QED) is 0.549. The molecule has 1 nitrogen and oxygen atoms in total. The van der Waals surface area contributed by atoms with Gasteiger partial charge in [0.1, 0.15) is 0 Å². The second kappa shape index (κ2) is 4.44. The lowest BCUT2D eigenvalue weighted by Gasteiger charge is -1.67. The van der Waals surface area contributed by atoms with Gasteiger partial charge >= 0.3 is 0 Å². The third kappa shape index (κ3) is 3.19. The number of halogens is 1. The molecule has 0 N–H and O–H groups in total. The zero-order chi connectivity index (χ0) is 7.28. The molecule has 0 amide bonds. The highest BCUT2D eigenvalue weighted by Gasteiger charge is 1.90. The van der Waals surface area contributed by atoms with Gasteiger partial charge in [0.2, 0.25) is 5.95 Å². The lowest BCUT2D eigenvalue weighted by Crippen LogP contribution is -1.68. The van der Waals surface area contributed by atoms with Crippen molar-refractivity contribution in [1.29, 1.82) is 0 Å². The molecule has 0 bridgehead atoms. The summed E-state index contributed by atoms with van der Waals surface area (Å²) in [6.07, 6.45) is 0. The third-order valence-electron chi connectivity index (χ3n) is 0.591. The van der Waals surface area contributed by atoms with Crippen LogP contribution in [0.15, 0.2) is 5.38 Å². The van der Waals surface area contributed by atoms with Crippen molar-refractivity contribution in [3.05, 3.63) is 16.3 Å². The largest absolute Gasteiger partial charge is 0.223 e. The molecular formula is C6H10FNS. The van der Waals surface area contributed by atoms with Crippen molar-refractivity contribution in [2.24, 2.45) is 0 Å². The van der Waals surface area contributed by atoms with Crippen molar-refractivity contribution < 1.29 is 4.39 Å². The molecule has 0 radical (unpaired) electrons. The maximum absolute atomic E-state index is 11.8. The first-order chi connectivity index (χ1) is 4.29. The molecule has 0 aliphatic carbocycles. The molecule has 1 heterocycles. The summed E-state index contributed by atoms with van der Waals surface area (Å²) < 4.78 is 11.8. The molecule has 1 rings (SSSR count). The Kier molecular flexibility index (Phi) is 4.22. The summed E-state index contributed by atoms with van der Waals surface area (Å²) in [6.45, 7) is 5.77. The van der Waals surface area contributed by atoms with Gasteiger partial charge in [-0.25, -0.2) is 4.98 Å². The molecule has 0 aliphatic rings. The number of nitrogens with zero attached hydrogens (tertiary/aromatic N) is 1. The Morgan fingerprint density at radius 2 is 2.11 bits per heavy atom. The van der Waals surface area contributed by atoms with Gasteiger partial charge in [-0.1, -0.05) is 13.8 Å². The van der Waals surface area contributed by atoms with Crippen LogP contribution in [0.25, 0.3) is 0 Å². The Hall–Kier alpha value is -0.440. The van der Waals surface area contributed by atoms with Gasteiger partial charge in [-0.05, 0) is 6.92 Å². The maximum Gasteiger partial charge on any atom is 0.223 e. The summed E-state index contributed by atoms with van der Waals surface area (Å²) >= 11 is 1.32. The standard InChI is InChI=1S/C4H4FNS.C2H6/c1-3-6-4(5)2-7-3;1-2/h2H,1H3;1-2H3. The van der Waals surface area contributed by atoms with E-state index in [0.717, 1.165) is 5.01 Å². The molecule has 0 fully saturated rings. The maximum atomic E-state index is 11.8. The van der Waals surface area contributed by atoms with E-state index in [2.05, 4.69) is 4.98 Å². The van der Waals surface area contributed by atoms with Crippen LogP contribution in [-0.4, -0.2) is 4.98 Å². The fourth-order valence-corrected chi connectivity index (χ4v) is 0.797. The summed E-state index contributed by atoms with van der Waals surface area (Å²) in [5.74, 6) is -0.373. The number of hydrogen-bond donors (Lipinski definition) is 0. The molecule has 0 saturated carbocycles. The number of aromatic nitrogens is 1. The Bertz CT molecular complexity index is 145. The Morgan fingerprint density at radius 3 is 2.22 bits per heavy atom. The van der Waals surface area contributed by atoms with Crippen LogP contribution in [0.3, 0.4) is 0 Å². The van der Waals surface area contributed by atoms with Crippen LogP contribution in [0.1, 0.15) is 18.9 Å². The Labute approximate surface area is 58.6 Å². The highest BCUT2D eigenvalue weighted by Crippen LogP contribution is 2.04. The zero-order valence-electron chi connectivity index (χ0n) is 5.81. The minimum atomic E-state index is -0.373. The van der Waals surface area contributed by atoms with Gasteiger partial charge in [-0.3, -0.25) is 0 Å². The van der Waals surface area contributed by atoms with Gasteiger partial charge in [0.25, 0.3) is 0 Å². The average molecular weight is 147 g/mol. The predicted octanol–water partition coefficient (Wildman–Crippen LogP) is 2.62. The van der Waals surface area contributed by atoms with Gasteiger partial charge in [0.15, 0.2) is 0 Å². The van der Waals surface area contributed by atoms with E-state index in [1.165, 1.54) is 16.7 Å². The van der Waals surface area contributed by atoms with Crippen LogP contribution >= 0.6 is 11.3 Å². The van der Waals surface area contributed by atoms with E-state index < -0.39 is 0 Å². The second-order valence-corrected chi connectivity index (χ2v) is 2.25. The molecule has 0 unspecified atom stereocenters. The minimum absolute atomic E-state index is 0.373. The fourth-order valence-electron chi connectivity index (χ4n) is 0.337. The molecule has 9 heavy (non-hydrogen) atoms. The van der Waals surface area contributed by atoms with Crippen molar-refractivity contribution in [2.75, 3.05) is 0 Å². The van der Waals surface area contributed by atoms with Crippen molar-refractivity contribution in [1.82, 2.24) is 4.98 Å². The molecule has 1 aromatic rings. The summed E-state index contributed by atoms with van der Waals surface area (Å²) in [7, 11) is 0. The molecule has 1 aromatic heterocycles. The van der Waals surface area contributed by atoms with Gasteiger partial charge in [-0.2, -0.15) is 4.39 Å². The molecule has 3 heteroatoms. The van der Waals surface area contributed by atoms with E-state index in [4.69, 9.17) is 0 Å². The van der Waals surface area contributed by atoms with Crippen LogP contribution < -0.4 is 0 Å². The van der Waals surface area contributed by atoms with E-state index >= 15 is 0 Å². The van der Waals surface area contributed by atoms with Crippen LogP contribution in [0.2, 0.25) is 0 Å².